The number of rotatable bonds is 4. The maximum absolute atomic E-state index is 12.3. The third-order valence-electron chi connectivity index (χ3n) is 3.02. The highest BCUT2D eigenvalue weighted by Crippen LogP contribution is 2.38. The van der Waals surface area contributed by atoms with E-state index in [9.17, 15) is 18.5 Å². The van der Waals surface area contributed by atoms with Crippen LogP contribution in [-0.2, 0) is 10.0 Å². The average Bonchev–Trinajstić information content (AvgIpc) is 2.95. The van der Waals surface area contributed by atoms with E-state index < -0.39 is 14.9 Å². The van der Waals surface area contributed by atoms with Gasteiger partial charge in [-0.05, 0) is 18.9 Å². The van der Waals surface area contributed by atoms with Gasteiger partial charge in [-0.3, -0.25) is 10.1 Å². The Morgan fingerprint density at radius 2 is 2.32 bits per heavy atom. The molecule has 0 aliphatic carbocycles. The van der Waals surface area contributed by atoms with E-state index in [1.54, 1.807) is 0 Å². The molecule has 0 aromatic carbocycles. The van der Waals surface area contributed by atoms with Crippen molar-refractivity contribution in [3.63, 3.8) is 0 Å². The molecule has 106 valence electrons. The summed E-state index contributed by atoms with van der Waals surface area (Å²) in [6, 6.07) is 1.01. The first-order valence-corrected chi connectivity index (χ1v) is 8.13. The van der Waals surface area contributed by atoms with Gasteiger partial charge in [0.15, 0.2) is 4.34 Å². The highest BCUT2D eigenvalue weighted by molar-refractivity contribution is 7.91. The third kappa shape index (κ3) is 2.75. The first-order chi connectivity index (χ1) is 8.86. The van der Waals surface area contributed by atoms with Gasteiger partial charge in [0.2, 0.25) is 0 Å². The number of sulfonamides is 1. The van der Waals surface area contributed by atoms with Crippen LogP contribution in [0.3, 0.4) is 0 Å². The molecule has 1 saturated heterocycles. The second-order valence-corrected chi connectivity index (χ2v) is 8.05. The molecule has 1 fully saturated rings. The van der Waals surface area contributed by atoms with Crippen molar-refractivity contribution in [2.24, 2.45) is 11.7 Å². The lowest BCUT2D eigenvalue weighted by atomic mass is 10.1. The Hall–Kier alpha value is -0.740. The SMILES string of the molecule is NCC1CCN(S(=O)(=O)c2cc([N+](=O)[O-])c(Cl)s2)C1. The monoisotopic (exact) mass is 325 g/mol. The highest BCUT2D eigenvalue weighted by Gasteiger charge is 2.35. The smallest absolute Gasteiger partial charge is 0.300 e. The van der Waals surface area contributed by atoms with E-state index in [2.05, 4.69) is 0 Å². The summed E-state index contributed by atoms with van der Waals surface area (Å²) in [4.78, 5) is 9.99. The molecule has 0 spiro atoms. The fourth-order valence-corrected chi connectivity index (χ4v) is 5.28. The number of thiophene rings is 1. The Bertz CT molecular complexity index is 601. The van der Waals surface area contributed by atoms with E-state index in [4.69, 9.17) is 17.3 Å². The van der Waals surface area contributed by atoms with Gasteiger partial charge in [-0.2, -0.15) is 4.31 Å². The number of nitrogens with two attached hydrogens (primary N) is 1. The highest BCUT2D eigenvalue weighted by atomic mass is 35.5. The second kappa shape index (κ2) is 5.33. The minimum Gasteiger partial charge on any atom is -0.330 e. The molecule has 2 N–H and O–H groups in total. The van der Waals surface area contributed by atoms with E-state index in [0.717, 1.165) is 6.07 Å². The first-order valence-electron chi connectivity index (χ1n) is 5.50. The summed E-state index contributed by atoms with van der Waals surface area (Å²) in [6.07, 6.45) is 0.705. The van der Waals surface area contributed by atoms with Crippen LogP contribution in [0.5, 0.6) is 0 Å². The molecular weight excluding hydrogens is 314 g/mol. The van der Waals surface area contributed by atoms with Gasteiger partial charge in [0.25, 0.3) is 15.7 Å². The van der Waals surface area contributed by atoms with Crippen molar-refractivity contribution in [1.82, 2.24) is 4.31 Å². The number of nitro groups is 1. The quantitative estimate of drug-likeness (QED) is 0.663. The van der Waals surface area contributed by atoms with Crippen molar-refractivity contribution < 1.29 is 13.3 Å². The minimum absolute atomic E-state index is 0.0955. The van der Waals surface area contributed by atoms with Crippen LogP contribution in [0.2, 0.25) is 4.34 Å². The molecule has 0 bridgehead atoms. The summed E-state index contributed by atoms with van der Waals surface area (Å²) in [5.74, 6) is 0.139. The summed E-state index contributed by atoms with van der Waals surface area (Å²) >= 11 is 6.39. The molecule has 2 heterocycles. The summed E-state index contributed by atoms with van der Waals surface area (Å²) in [5, 5.41) is 10.7. The molecule has 10 heteroatoms. The maximum atomic E-state index is 12.3. The van der Waals surface area contributed by atoms with Gasteiger partial charge < -0.3 is 5.73 Å². The zero-order valence-electron chi connectivity index (χ0n) is 9.78. The Kier molecular flexibility index (Phi) is 4.11. The number of hydrogen-bond acceptors (Lipinski definition) is 6. The average molecular weight is 326 g/mol. The van der Waals surface area contributed by atoms with Gasteiger partial charge in [0.1, 0.15) is 4.21 Å². The number of nitrogens with zero attached hydrogens (tertiary/aromatic N) is 2. The molecule has 1 aliphatic rings. The van der Waals surface area contributed by atoms with Crippen LogP contribution in [0.4, 0.5) is 5.69 Å². The lowest BCUT2D eigenvalue weighted by Crippen LogP contribution is -2.29. The molecule has 1 aromatic rings. The molecule has 1 unspecified atom stereocenters. The van der Waals surface area contributed by atoms with Crippen molar-refractivity contribution in [3.8, 4) is 0 Å². The third-order valence-corrected chi connectivity index (χ3v) is 6.67. The van der Waals surface area contributed by atoms with E-state index in [1.807, 2.05) is 0 Å². The summed E-state index contributed by atoms with van der Waals surface area (Å²) in [6.45, 7) is 1.16. The lowest BCUT2D eigenvalue weighted by Gasteiger charge is -2.14. The molecule has 0 saturated carbocycles. The summed E-state index contributed by atoms with van der Waals surface area (Å²) in [7, 11) is -3.71. The standard InChI is InChI=1S/C9H12ClN3O4S2/c10-9-7(13(14)15)3-8(18-9)19(16,17)12-2-1-6(4-11)5-12/h3,6H,1-2,4-5,11H2. The number of hydrogen-bond donors (Lipinski definition) is 1. The second-order valence-electron chi connectivity index (χ2n) is 4.23. The molecule has 1 aliphatic heterocycles. The maximum Gasteiger partial charge on any atom is 0.300 e. The van der Waals surface area contributed by atoms with Gasteiger partial charge in [-0.25, -0.2) is 8.42 Å². The van der Waals surface area contributed by atoms with Gasteiger partial charge >= 0.3 is 0 Å². The Morgan fingerprint density at radius 3 is 2.79 bits per heavy atom. The van der Waals surface area contributed by atoms with Crippen LogP contribution in [0.1, 0.15) is 6.42 Å². The van der Waals surface area contributed by atoms with Crippen LogP contribution in [0.15, 0.2) is 10.3 Å². The van der Waals surface area contributed by atoms with E-state index >= 15 is 0 Å². The predicted molar refractivity (Wildman–Crippen MR) is 71.9 cm³/mol. The minimum atomic E-state index is -3.71. The molecule has 0 radical (unpaired) electrons. The number of halogens is 1. The molecule has 1 atom stereocenters. The normalized spacial score (nSPS) is 20.8. The zero-order chi connectivity index (χ0) is 14.2. The van der Waals surface area contributed by atoms with Crippen LogP contribution < -0.4 is 5.73 Å². The van der Waals surface area contributed by atoms with Crippen molar-refractivity contribution in [2.45, 2.75) is 10.6 Å². The largest absolute Gasteiger partial charge is 0.330 e. The Morgan fingerprint density at radius 1 is 1.63 bits per heavy atom. The zero-order valence-corrected chi connectivity index (χ0v) is 12.2. The Labute approximate surface area is 119 Å². The van der Waals surface area contributed by atoms with Gasteiger partial charge in [0.05, 0.1) is 4.92 Å². The van der Waals surface area contributed by atoms with E-state index in [0.29, 0.717) is 37.4 Å². The molecule has 2 rings (SSSR count). The first kappa shape index (κ1) is 14.7. The van der Waals surface area contributed by atoms with Crippen molar-refractivity contribution in [3.05, 3.63) is 20.5 Å². The molecule has 7 nitrogen and oxygen atoms in total. The summed E-state index contributed by atoms with van der Waals surface area (Å²) in [5.41, 5.74) is 5.14. The van der Waals surface area contributed by atoms with Gasteiger partial charge in [0, 0.05) is 19.2 Å². The lowest BCUT2D eigenvalue weighted by molar-refractivity contribution is -0.384. The molecular formula is C9H12ClN3O4S2. The molecule has 0 amide bonds. The van der Waals surface area contributed by atoms with E-state index in [1.165, 1.54) is 4.31 Å². The fourth-order valence-electron chi connectivity index (χ4n) is 1.93. The van der Waals surface area contributed by atoms with Crippen LogP contribution in [0.25, 0.3) is 0 Å². The van der Waals surface area contributed by atoms with Crippen molar-refractivity contribution >= 4 is 38.6 Å². The van der Waals surface area contributed by atoms with Crippen LogP contribution in [0, 0.1) is 16.0 Å². The van der Waals surface area contributed by atoms with Crippen molar-refractivity contribution in [1.29, 1.82) is 0 Å². The molecule has 19 heavy (non-hydrogen) atoms. The van der Waals surface area contributed by atoms with E-state index in [-0.39, 0.29) is 20.2 Å². The van der Waals surface area contributed by atoms with Gasteiger partial charge in [-0.1, -0.05) is 11.6 Å². The van der Waals surface area contributed by atoms with Crippen molar-refractivity contribution in [2.75, 3.05) is 19.6 Å². The predicted octanol–water partition coefficient (Wildman–Crippen LogP) is 1.28. The van der Waals surface area contributed by atoms with Gasteiger partial charge in [-0.15, -0.1) is 11.3 Å². The Balaban J connectivity index is 2.30. The summed E-state index contributed by atoms with van der Waals surface area (Å²) < 4.78 is 25.7. The van der Waals surface area contributed by atoms with Crippen LogP contribution >= 0.6 is 22.9 Å². The fraction of sp³-hybridized carbons (Fsp3) is 0.556. The topological polar surface area (TPSA) is 107 Å². The molecule has 1 aromatic heterocycles. The van der Waals surface area contributed by atoms with Crippen LogP contribution in [-0.4, -0.2) is 37.3 Å².